The van der Waals surface area contributed by atoms with Crippen molar-refractivity contribution in [3.63, 3.8) is 0 Å². The van der Waals surface area contributed by atoms with Crippen LogP contribution in [0.2, 0.25) is 0 Å². The van der Waals surface area contributed by atoms with Crippen molar-refractivity contribution in [3.05, 3.63) is 27.3 Å². The minimum atomic E-state index is 0.0579. The Bertz CT molecular complexity index is 523. The first kappa shape index (κ1) is 17.5. The van der Waals surface area contributed by atoms with Gasteiger partial charge in [-0.15, -0.1) is 0 Å². The van der Waals surface area contributed by atoms with Crippen molar-refractivity contribution in [3.8, 4) is 5.75 Å². The number of piperazine rings is 1. The molecule has 122 valence electrons. The van der Waals surface area contributed by atoms with Gasteiger partial charge in [0.15, 0.2) is 0 Å². The molecule has 0 spiro atoms. The Balaban J connectivity index is 2.13. The summed E-state index contributed by atoms with van der Waals surface area (Å²) in [5, 5.41) is 0. The van der Waals surface area contributed by atoms with Crippen LogP contribution in [-0.2, 0) is 0 Å². The molecule has 0 saturated carbocycles. The van der Waals surface area contributed by atoms with Crippen molar-refractivity contribution >= 4 is 28.5 Å². The number of benzene rings is 1. The Kier molecular flexibility index (Phi) is 6.09. The minimum absolute atomic E-state index is 0.0579. The molecule has 0 aliphatic carbocycles. The third-order valence-corrected chi connectivity index (χ3v) is 4.54. The molecule has 22 heavy (non-hydrogen) atoms. The average molecular weight is 416 g/mol. The molecule has 1 aliphatic heterocycles. The number of halogens is 1. The van der Waals surface area contributed by atoms with Gasteiger partial charge in [-0.1, -0.05) is 0 Å². The number of nitrogens with zero attached hydrogens (tertiary/aromatic N) is 2. The van der Waals surface area contributed by atoms with Crippen LogP contribution in [0.15, 0.2) is 18.2 Å². The summed E-state index contributed by atoms with van der Waals surface area (Å²) in [7, 11) is 0. The fraction of sp³-hybridized carbons (Fsp3) is 0.588. The van der Waals surface area contributed by atoms with Gasteiger partial charge in [-0.2, -0.15) is 0 Å². The van der Waals surface area contributed by atoms with E-state index in [4.69, 9.17) is 4.74 Å². The van der Waals surface area contributed by atoms with E-state index in [9.17, 15) is 4.79 Å². The van der Waals surface area contributed by atoms with Crippen LogP contribution in [-0.4, -0.2) is 54.0 Å². The molecule has 2 rings (SSSR count). The highest BCUT2D eigenvalue weighted by Gasteiger charge is 2.25. The lowest BCUT2D eigenvalue weighted by Crippen LogP contribution is -2.50. The Morgan fingerprint density at radius 1 is 1.14 bits per heavy atom. The van der Waals surface area contributed by atoms with Crippen molar-refractivity contribution in [2.75, 3.05) is 26.2 Å². The average Bonchev–Trinajstić information content (AvgIpc) is 2.46. The number of ether oxygens (including phenoxy) is 1. The van der Waals surface area contributed by atoms with Crippen molar-refractivity contribution in [1.82, 2.24) is 9.80 Å². The molecule has 0 atom stereocenters. The first-order valence-corrected chi connectivity index (χ1v) is 8.96. The number of hydrogen-bond acceptors (Lipinski definition) is 3. The van der Waals surface area contributed by atoms with Gasteiger partial charge in [0.1, 0.15) is 5.75 Å². The van der Waals surface area contributed by atoms with Crippen LogP contribution in [0.3, 0.4) is 0 Å². The van der Waals surface area contributed by atoms with Crippen LogP contribution >= 0.6 is 22.6 Å². The second-order valence-corrected chi connectivity index (χ2v) is 7.47. The maximum atomic E-state index is 12.8. The lowest BCUT2D eigenvalue weighted by molar-refractivity contribution is 0.0590. The number of rotatable bonds is 4. The van der Waals surface area contributed by atoms with Gasteiger partial charge >= 0.3 is 0 Å². The molecule has 1 aromatic rings. The molecular weight excluding hydrogens is 391 g/mol. The summed E-state index contributed by atoms with van der Waals surface area (Å²) in [4.78, 5) is 17.2. The second kappa shape index (κ2) is 7.64. The molecule has 1 amide bonds. The summed E-state index contributed by atoms with van der Waals surface area (Å²) >= 11 is 2.25. The van der Waals surface area contributed by atoms with Crippen LogP contribution in [0.5, 0.6) is 5.75 Å². The van der Waals surface area contributed by atoms with Crippen LogP contribution in [0.25, 0.3) is 0 Å². The molecule has 1 fully saturated rings. The van der Waals surface area contributed by atoms with Crippen molar-refractivity contribution in [2.24, 2.45) is 0 Å². The van der Waals surface area contributed by atoms with Crippen LogP contribution in [0, 0.1) is 3.57 Å². The lowest BCUT2D eigenvalue weighted by atomic mass is 10.1. The van der Waals surface area contributed by atoms with Gasteiger partial charge in [-0.3, -0.25) is 9.69 Å². The van der Waals surface area contributed by atoms with Gasteiger partial charge in [0.05, 0.1) is 11.7 Å². The third kappa shape index (κ3) is 4.35. The van der Waals surface area contributed by atoms with Crippen LogP contribution in [0.1, 0.15) is 38.1 Å². The summed E-state index contributed by atoms with van der Waals surface area (Å²) in [6.07, 6.45) is 0.0579. The normalized spacial score (nSPS) is 16.4. The standard InChI is InChI=1S/C17H25IN2O2/c1-12(2)19-7-9-20(10-8-19)17(21)15-6-5-14(18)11-16(15)22-13(3)4/h5-6,11-13H,7-10H2,1-4H3. The molecule has 5 heteroatoms. The largest absolute Gasteiger partial charge is 0.490 e. The SMILES string of the molecule is CC(C)Oc1cc(I)ccc1C(=O)N1CCN(C(C)C)CC1. The number of carbonyl (C=O) groups excluding carboxylic acids is 1. The third-order valence-electron chi connectivity index (χ3n) is 3.87. The van der Waals surface area contributed by atoms with Crippen molar-refractivity contribution in [2.45, 2.75) is 39.8 Å². The number of amides is 1. The molecule has 1 aromatic carbocycles. The van der Waals surface area contributed by atoms with E-state index in [1.165, 1.54) is 0 Å². The molecule has 0 bridgehead atoms. The van der Waals surface area contributed by atoms with Crippen LogP contribution < -0.4 is 4.74 Å². The number of carbonyl (C=O) groups is 1. The molecule has 0 N–H and O–H groups in total. The van der Waals surface area contributed by atoms with Gasteiger partial charge < -0.3 is 9.64 Å². The van der Waals surface area contributed by atoms with E-state index in [2.05, 4.69) is 41.3 Å². The smallest absolute Gasteiger partial charge is 0.257 e. The zero-order valence-corrected chi connectivity index (χ0v) is 16.0. The maximum absolute atomic E-state index is 12.8. The van der Waals surface area contributed by atoms with E-state index >= 15 is 0 Å². The second-order valence-electron chi connectivity index (χ2n) is 6.23. The molecule has 0 radical (unpaired) electrons. The molecular formula is C17H25IN2O2. The van der Waals surface area contributed by atoms with Crippen molar-refractivity contribution < 1.29 is 9.53 Å². The molecule has 1 saturated heterocycles. The predicted octanol–water partition coefficient (Wildman–Crippen LogP) is 3.24. The van der Waals surface area contributed by atoms with E-state index in [0.29, 0.717) is 17.4 Å². The summed E-state index contributed by atoms with van der Waals surface area (Å²) in [6, 6.07) is 6.33. The van der Waals surface area contributed by atoms with E-state index in [-0.39, 0.29) is 12.0 Å². The molecule has 1 aliphatic rings. The quantitative estimate of drug-likeness (QED) is 0.707. The van der Waals surface area contributed by atoms with Gasteiger partial charge in [0, 0.05) is 35.8 Å². The molecule has 1 heterocycles. The van der Waals surface area contributed by atoms with Gasteiger partial charge in [-0.05, 0) is 68.5 Å². The van der Waals surface area contributed by atoms with E-state index in [1.807, 2.05) is 36.9 Å². The van der Waals surface area contributed by atoms with E-state index in [0.717, 1.165) is 29.7 Å². The Labute approximate surface area is 146 Å². The Morgan fingerprint density at radius 3 is 2.32 bits per heavy atom. The summed E-state index contributed by atoms with van der Waals surface area (Å²) in [6.45, 7) is 11.8. The Hall–Kier alpha value is -0.820. The van der Waals surface area contributed by atoms with E-state index in [1.54, 1.807) is 0 Å². The highest BCUT2D eigenvalue weighted by Crippen LogP contribution is 2.25. The van der Waals surface area contributed by atoms with Crippen LogP contribution in [0.4, 0.5) is 0 Å². The molecule has 0 unspecified atom stereocenters. The van der Waals surface area contributed by atoms with Gasteiger partial charge in [-0.25, -0.2) is 0 Å². The van der Waals surface area contributed by atoms with E-state index < -0.39 is 0 Å². The fourth-order valence-corrected chi connectivity index (χ4v) is 3.10. The maximum Gasteiger partial charge on any atom is 0.257 e. The van der Waals surface area contributed by atoms with Crippen molar-refractivity contribution in [1.29, 1.82) is 0 Å². The molecule has 0 aromatic heterocycles. The topological polar surface area (TPSA) is 32.8 Å². The summed E-state index contributed by atoms with van der Waals surface area (Å²) in [5.74, 6) is 0.772. The zero-order valence-electron chi connectivity index (χ0n) is 13.8. The Morgan fingerprint density at radius 2 is 1.77 bits per heavy atom. The monoisotopic (exact) mass is 416 g/mol. The highest BCUT2D eigenvalue weighted by atomic mass is 127. The lowest BCUT2D eigenvalue weighted by Gasteiger charge is -2.37. The first-order valence-electron chi connectivity index (χ1n) is 7.88. The summed E-state index contributed by atoms with van der Waals surface area (Å²) in [5.41, 5.74) is 0.673. The number of hydrogen-bond donors (Lipinski definition) is 0. The van der Waals surface area contributed by atoms with Gasteiger partial charge in [0.25, 0.3) is 5.91 Å². The fourth-order valence-electron chi connectivity index (χ4n) is 2.64. The predicted molar refractivity (Wildman–Crippen MR) is 97.5 cm³/mol. The van der Waals surface area contributed by atoms with Gasteiger partial charge in [0.2, 0.25) is 0 Å². The minimum Gasteiger partial charge on any atom is -0.490 e. The highest BCUT2D eigenvalue weighted by molar-refractivity contribution is 14.1. The zero-order chi connectivity index (χ0) is 16.3. The molecule has 4 nitrogen and oxygen atoms in total. The first-order chi connectivity index (χ1) is 10.4. The summed E-state index contributed by atoms with van der Waals surface area (Å²) < 4.78 is 6.91.